The first-order valence-electron chi connectivity index (χ1n) is 5.77. The molecule has 0 saturated heterocycles. The zero-order valence-electron chi connectivity index (χ0n) is 9.91. The molecule has 2 aromatic carbocycles. The molecule has 0 saturated carbocycles. The summed E-state index contributed by atoms with van der Waals surface area (Å²) in [5.74, 6) is -0.137. The fourth-order valence-electron chi connectivity index (χ4n) is 1.71. The van der Waals surface area contributed by atoms with Gasteiger partial charge in [0.2, 0.25) is 0 Å². The molecule has 2 aromatic rings. The molecule has 18 heavy (non-hydrogen) atoms. The van der Waals surface area contributed by atoms with Gasteiger partial charge in [-0.15, -0.1) is 0 Å². The fraction of sp³-hybridized carbons (Fsp3) is 0.0625. The summed E-state index contributed by atoms with van der Waals surface area (Å²) in [5, 5.41) is 9.33. The molecule has 0 bridgehead atoms. The number of Topliss-reactive ketones (excluding diaryl/α,β-unsaturated/α-hetero) is 1. The predicted molar refractivity (Wildman–Crippen MR) is 72.3 cm³/mol. The first-order chi connectivity index (χ1) is 8.81. The summed E-state index contributed by atoms with van der Waals surface area (Å²) >= 11 is 0. The summed E-state index contributed by atoms with van der Waals surface area (Å²) in [7, 11) is 0. The van der Waals surface area contributed by atoms with Gasteiger partial charge in [0, 0.05) is 11.1 Å². The zero-order valence-corrected chi connectivity index (χ0v) is 9.91. The summed E-state index contributed by atoms with van der Waals surface area (Å²) in [6.07, 6.45) is 1.72. The minimum absolute atomic E-state index is 0.137. The van der Waals surface area contributed by atoms with Crippen LogP contribution in [0, 0.1) is 0 Å². The SMILES string of the molecule is O=C(/C(=C\c1ccccc1)CO)c1ccccc1. The second kappa shape index (κ2) is 5.94. The van der Waals surface area contributed by atoms with E-state index in [0.29, 0.717) is 11.1 Å². The average molecular weight is 238 g/mol. The van der Waals surface area contributed by atoms with Gasteiger partial charge in [-0.2, -0.15) is 0 Å². The van der Waals surface area contributed by atoms with Gasteiger partial charge in [-0.1, -0.05) is 60.7 Å². The quantitative estimate of drug-likeness (QED) is 0.656. The van der Waals surface area contributed by atoms with Crippen molar-refractivity contribution >= 4 is 11.9 Å². The van der Waals surface area contributed by atoms with Crippen LogP contribution >= 0.6 is 0 Å². The Morgan fingerprint density at radius 2 is 1.50 bits per heavy atom. The number of aliphatic hydroxyl groups excluding tert-OH is 1. The van der Waals surface area contributed by atoms with Gasteiger partial charge in [0.1, 0.15) is 0 Å². The van der Waals surface area contributed by atoms with E-state index in [1.54, 1.807) is 18.2 Å². The lowest BCUT2D eigenvalue weighted by atomic mass is 10.0. The van der Waals surface area contributed by atoms with E-state index in [1.807, 2.05) is 48.5 Å². The van der Waals surface area contributed by atoms with Crippen LogP contribution in [0.25, 0.3) is 6.08 Å². The van der Waals surface area contributed by atoms with Gasteiger partial charge in [0.15, 0.2) is 5.78 Å². The van der Waals surface area contributed by atoms with Crippen molar-refractivity contribution in [3.63, 3.8) is 0 Å². The molecule has 1 N–H and O–H groups in total. The average Bonchev–Trinajstić information content (AvgIpc) is 2.46. The molecular formula is C16H14O2. The van der Waals surface area contributed by atoms with E-state index in [-0.39, 0.29) is 12.4 Å². The Labute approximate surface area is 106 Å². The highest BCUT2D eigenvalue weighted by Gasteiger charge is 2.10. The van der Waals surface area contributed by atoms with Crippen LogP contribution in [0.3, 0.4) is 0 Å². The van der Waals surface area contributed by atoms with Crippen molar-refractivity contribution in [1.82, 2.24) is 0 Å². The van der Waals surface area contributed by atoms with Gasteiger partial charge in [0.25, 0.3) is 0 Å². The number of carbonyl (C=O) groups is 1. The molecule has 2 heteroatoms. The maximum atomic E-state index is 12.2. The van der Waals surface area contributed by atoms with Gasteiger partial charge in [0.05, 0.1) is 6.61 Å². The zero-order chi connectivity index (χ0) is 12.8. The van der Waals surface area contributed by atoms with Crippen molar-refractivity contribution in [3.05, 3.63) is 77.4 Å². The maximum absolute atomic E-state index is 12.2. The molecule has 0 aliphatic heterocycles. The molecule has 0 fully saturated rings. The highest BCUT2D eigenvalue weighted by molar-refractivity contribution is 6.11. The lowest BCUT2D eigenvalue weighted by molar-refractivity contribution is 0.102. The summed E-state index contributed by atoms with van der Waals surface area (Å²) < 4.78 is 0. The normalized spacial score (nSPS) is 11.3. The largest absolute Gasteiger partial charge is 0.392 e. The van der Waals surface area contributed by atoms with Crippen molar-refractivity contribution in [2.45, 2.75) is 0 Å². The second-order valence-corrected chi connectivity index (χ2v) is 3.93. The topological polar surface area (TPSA) is 37.3 Å². The van der Waals surface area contributed by atoms with Gasteiger partial charge in [-0.05, 0) is 11.6 Å². The van der Waals surface area contributed by atoms with Crippen LogP contribution in [0.4, 0.5) is 0 Å². The van der Waals surface area contributed by atoms with E-state index in [4.69, 9.17) is 0 Å². The monoisotopic (exact) mass is 238 g/mol. The highest BCUT2D eigenvalue weighted by Crippen LogP contribution is 2.12. The first kappa shape index (κ1) is 12.3. The summed E-state index contributed by atoms with van der Waals surface area (Å²) in [6, 6.07) is 18.5. The summed E-state index contributed by atoms with van der Waals surface area (Å²) in [6.45, 7) is -0.261. The van der Waals surface area contributed by atoms with Crippen molar-refractivity contribution in [2.75, 3.05) is 6.61 Å². The van der Waals surface area contributed by atoms with Crippen LogP contribution in [0.2, 0.25) is 0 Å². The van der Waals surface area contributed by atoms with Gasteiger partial charge in [-0.25, -0.2) is 0 Å². The molecule has 0 aliphatic rings. The van der Waals surface area contributed by atoms with E-state index >= 15 is 0 Å². The smallest absolute Gasteiger partial charge is 0.191 e. The summed E-state index contributed by atoms with van der Waals surface area (Å²) in [4.78, 5) is 12.2. The minimum Gasteiger partial charge on any atom is -0.392 e. The van der Waals surface area contributed by atoms with Gasteiger partial charge in [-0.3, -0.25) is 4.79 Å². The molecule has 0 spiro atoms. The summed E-state index contributed by atoms with van der Waals surface area (Å²) in [5.41, 5.74) is 1.90. The van der Waals surface area contributed by atoms with E-state index in [9.17, 15) is 9.90 Å². The number of aliphatic hydroxyl groups is 1. The minimum atomic E-state index is -0.261. The number of carbonyl (C=O) groups excluding carboxylic acids is 1. The van der Waals surface area contributed by atoms with Crippen LogP contribution in [0.1, 0.15) is 15.9 Å². The fourth-order valence-corrected chi connectivity index (χ4v) is 1.71. The Bertz CT molecular complexity index is 542. The lowest BCUT2D eigenvalue weighted by Crippen LogP contribution is -2.06. The molecule has 0 amide bonds. The molecule has 0 aliphatic carbocycles. The standard InChI is InChI=1S/C16H14O2/c17-12-15(11-13-7-3-1-4-8-13)16(18)14-9-5-2-6-10-14/h1-11,17H,12H2/b15-11-. The van der Waals surface area contributed by atoms with Crippen molar-refractivity contribution < 1.29 is 9.90 Å². The second-order valence-electron chi connectivity index (χ2n) is 3.93. The van der Waals surface area contributed by atoms with Crippen LogP contribution in [0.15, 0.2) is 66.2 Å². The van der Waals surface area contributed by atoms with Crippen LogP contribution in [-0.2, 0) is 0 Å². The van der Waals surface area contributed by atoms with E-state index in [1.165, 1.54) is 0 Å². The molecule has 0 radical (unpaired) electrons. The third-order valence-electron chi connectivity index (χ3n) is 2.64. The molecule has 0 unspecified atom stereocenters. The molecule has 90 valence electrons. The number of hydrogen-bond donors (Lipinski definition) is 1. The van der Waals surface area contributed by atoms with E-state index in [2.05, 4.69) is 0 Å². The highest BCUT2D eigenvalue weighted by atomic mass is 16.3. The van der Waals surface area contributed by atoms with E-state index < -0.39 is 0 Å². The Hall–Kier alpha value is -2.19. The molecular weight excluding hydrogens is 224 g/mol. The third-order valence-corrected chi connectivity index (χ3v) is 2.64. The molecule has 2 rings (SSSR count). The van der Waals surface area contributed by atoms with Crippen molar-refractivity contribution in [2.24, 2.45) is 0 Å². The number of benzene rings is 2. The van der Waals surface area contributed by atoms with Crippen molar-refractivity contribution in [3.8, 4) is 0 Å². The molecule has 0 heterocycles. The Morgan fingerprint density at radius 3 is 2.06 bits per heavy atom. The van der Waals surface area contributed by atoms with Crippen molar-refractivity contribution in [1.29, 1.82) is 0 Å². The van der Waals surface area contributed by atoms with Crippen LogP contribution < -0.4 is 0 Å². The number of hydrogen-bond acceptors (Lipinski definition) is 2. The van der Waals surface area contributed by atoms with Gasteiger partial charge < -0.3 is 5.11 Å². The predicted octanol–water partition coefficient (Wildman–Crippen LogP) is 2.95. The Kier molecular flexibility index (Phi) is 4.05. The number of ketones is 1. The lowest BCUT2D eigenvalue weighted by Gasteiger charge is -2.03. The number of rotatable bonds is 4. The molecule has 2 nitrogen and oxygen atoms in total. The Balaban J connectivity index is 2.30. The van der Waals surface area contributed by atoms with Crippen LogP contribution in [0.5, 0.6) is 0 Å². The van der Waals surface area contributed by atoms with Crippen LogP contribution in [-0.4, -0.2) is 17.5 Å². The first-order valence-corrected chi connectivity index (χ1v) is 5.77. The van der Waals surface area contributed by atoms with Gasteiger partial charge >= 0.3 is 0 Å². The molecule has 0 atom stereocenters. The third kappa shape index (κ3) is 2.93. The molecule has 0 aromatic heterocycles. The maximum Gasteiger partial charge on any atom is 0.191 e. The van der Waals surface area contributed by atoms with E-state index in [0.717, 1.165) is 5.56 Å². The Morgan fingerprint density at radius 1 is 0.944 bits per heavy atom.